The van der Waals surface area contributed by atoms with E-state index in [1.54, 1.807) is 19.1 Å². The largest absolute Gasteiger partial charge is 0.318 e. The third-order valence-electron chi connectivity index (χ3n) is 1.76. The van der Waals surface area contributed by atoms with Gasteiger partial charge in [-0.25, -0.2) is 8.78 Å². The van der Waals surface area contributed by atoms with E-state index < -0.39 is 23.2 Å². The molecule has 0 radical (unpaired) electrons. The van der Waals surface area contributed by atoms with Crippen molar-refractivity contribution in [2.45, 2.75) is 6.92 Å². The number of hydrogen-bond acceptors (Lipinski definition) is 1. The molecule has 0 heterocycles. The second-order valence-corrected chi connectivity index (χ2v) is 2.97. The standard InChI is InChI=1S/C12H11F2NO/c1-2-3-4-8-11(16)15-12-9(13)6-5-7-10(12)14/h2-8H,1H3,(H,15,16)/b3-2+,8-4+. The minimum Gasteiger partial charge on any atom is -0.318 e. The maximum atomic E-state index is 13.1. The van der Waals surface area contributed by atoms with E-state index in [1.807, 2.05) is 0 Å². The smallest absolute Gasteiger partial charge is 0.248 e. The number of hydrogen-bond donors (Lipinski definition) is 1. The summed E-state index contributed by atoms with van der Waals surface area (Å²) in [6.07, 6.45) is 6.03. The van der Waals surface area contributed by atoms with Gasteiger partial charge in [0.1, 0.15) is 17.3 Å². The van der Waals surface area contributed by atoms with E-state index in [0.29, 0.717) is 0 Å². The Hall–Kier alpha value is -1.97. The second kappa shape index (κ2) is 5.80. The van der Waals surface area contributed by atoms with Gasteiger partial charge in [0.15, 0.2) is 0 Å². The summed E-state index contributed by atoms with van der Waals surface area (Å²) < 4.78 is 26.2. The Bertz CT molecular complexity index is 418. The number of amides is 1. The van der Waals surface area contributed by atoms with Crippen molar-refractivity contribution < 1.29 is 13.6 Å². The van der Waals surface area contributed by atoms with Crippen molar-refractivity contribution in [2.75, 3.05) is 5.32 Å². The van der Waals surface area contributed by atoms with Crippen molar-refractivity contribution in [1.29, 1.82) is 0 Å². The van der Waals surface area contributed by atoms with Crippen LogP contribution in [0.25, 0.3) is 0 Å². The Morgan fingerprint density at radius 3 is 2.44 bits per heavy atom. The van der Waals surface area contributed by atoms with Crippen LogP contribution in [0.3, 0.4) is 0 Å². The molecule has 0 bridgehead atoms. The predicted molar refractivity (Wildman–Crippen MR) is 58.9 cm³/mol. The first-order valence-electron chi connectivity index (χ1n) is 4.69. The van der Waals surface area contributed by atoms with Crippen LogP contribution >= 0.6 is 0 Å². The van der Waals surface area contributed by atoms with Crippen molar-refractivity contribution >= 4 is 11.6 Å². The number of carbonyl (C=O) groups excluding carboxylic acids is 1. The summed E-state index contributed by atoms with van der Waals surface area (Å²) >= 11 is 0. The molecule has 1 aromatic rings. The molecular weight excluding hydrogens is 212 g/mol. The average molecular weight is 223 g/mol. The van der Waals surface area contributed by atoms with Crippen molar-refractivity contribution in [2.24, 2.45) is 0 Å². The highest BCUT2D eigenvalue weighted by Crippen LogP contribution is 2.17. The number of para-hydroxylation sites is 1. The molecular formula is C12H11F2NO. The lowest BCUT2D eigenvalue weighted by Gasteiger charge is -2.04. The normalized spacial score (nSPS) is 11.2. The van der Waals surface area contributed by atoms with Gasteiger partial charge in [0.05, 0.1) is 0 Å². The number of nitrogens with one attached hydrogen (secondary N) is 1. The van der Waals surface area contributed by atoms with Gasteiger partial charge < -0.3 is 5.32 Å². The molecule has 0 unspecified atom stereocenters. The zero-order valence-corrected chi connectivity index (χ0v) is 8.71. The molecule has 1 aromatic carbocycles. The molecule has 0 aromatic heterocycles. The van der Waals surface area contributed by atoms with E-state index in [-0.39, 0.29) is 0 Å². The van der Waals surface area contributed by atoms with Crippen LogP contribution in [0, 0.1) is 11.6 Å². The summed E-state index contributed by atoms with van der Waals surface area (Å²) in [7, 11) is 0. The van der Waals surface area contributed by atoms with Crippen LogP contribution in [0.5, 0.6) is 0 Å². The van der Waals surface area contributed by atoms with Crippen LogP contribution in [-0.2, 0) is 4.79 Å². The zero-order chi connectivity index (χ0) is 12.0. The fourth-order valence-electron chi connectivity index (χ4n) is 1.04. The fraction of sp³-hybridized carbons (Fsp3) is 0.0833. The Morgan fingerprint density at radius 1 is 1.25 bits per heavy atom. The lowest BCUT2D eigenvalue weighted by Crippen LogP contribution is -2.10. The highest BCUT2D eigenvalue weighted by molar-refractivity contribution is 5.99. The second-order valence-electron chi connectivity index (χ2n) is 2.97. The molecule has 16 heavy (non-hydrogen) atoms. The van der Waals surface area contributed by atoms with E-state index in [4.69, 9.17) is 0 Å². The summed E-state index contributed by atoms with van der Waals surface area (Å²) in [4.78, 5) is 11.2. The van der Waals surface area contributed by atoms with Crippen LogP contribution < -0.4 is 5.32 Å². The molecule has 0 saturated heterocycles. The molecule has 0 saturated carbocycles. The zero-order valence-electron chi connectivity index (χ0n) is 8.71. The van der Waals surface area contributed by atoms with Gasteiger partial charge in [-0.05, 0) is 19.1 Å². The number of halogens is 2. The molecule has 0 aliphatic rings. The van der Waals surface area contributed by atoms with Crippen LogP contribution in [0.4, 0.5) is 14.5 Å². The number of benzene rings is 1. The minimum absolute atomic E-state index is 0.433. The van der Waals surface area contributed by atoms with E-state index in [9.17, 15) is 13.6 Å². The topological polar surface area (TPSA) is 29.1 Å². The van der Waals surface area contributed by atoms with Gasteiger partial charge >= 0.3 is 0 Å². The highest BCUT2D eigenvalue weighted by Gasteiger charge is 2.09. The van der Waals surface area contributed by atoms with Gasteiger partial charge in [-0.3, -0.25) is 4.79 Å². The third-order valence-corrected chi connectivity index (χ3v) is 1.76. The molecule has 0 fully saturated rings. The van der Waals surface area contributed by atoms with Gasteiger partial charge in [-0.2, -0.15) is 0 Å². The molecule has 0 spiro atoms. The highest BCUT2D eigenvalue weighted by atomic mass is 19.1. The van der Waals surface area contributed by atoms with Crippen LogP contribution in [0.1, 0.15) is 6.92 Å². The molecule has 4 heteroatoms. The summed E-state index contributed by atoms with van der Waals surface area (Å²) in [5.41, 5.74) is -0.433. The van der Waals surface area contributed by atoms with Crippen molar-refractivity contribution in [3.8, 4) is 0 Å². The molecule has 0 aliphatic heterocycles. The average Bonchev–Trinajstić information content (AvgIpc) is 2.24. The van der Waals surface area contributed by atoms with E-state index in [1.165, 1.54) is 18.2 Å². The minimum atomic E-state index is -0.798. The summed E-state index contributed by atoms with van der Waals surface area (Å²) in [6.45, 7) is 1.79. The van der Waals surface area contributed by atoms with Crippen molar-refractivity contribution in [3.05, 3.63) is 54.1 Å². The molecule has 0 atom stereocenters. The maximum Gasteiger partial charge on any atom is 0.248 e. The molecule has 0 aliphatic carbocycles. The first-order chi connectivity index (χ1) is 7.65. The first-order valence-corrected chi connectivity index (χ1v) is 4.69. The van der Waals surface area contributed by atoms with Gasteiger partial charge in [0, 0.05) is 6.08 Å². The Labute approximate surface area is 92.3 Å². The predicted octanol–water partition coefficient (Wildman–Crippen LogP) is 3.04. The molecule has 84 valence electrons. The van der Waals surface area contributed by atoms with Crippen molar-refractivity contribution in [3.63, 3.8) is 0 Å². The lowest BCUT2D eigenvalue weighted by atomic mass is 10.3. The van der Waals surface area contributed by atoms with E-state index in [0.717, 1.165) is 12.1 Å². The van der Waals surface area contributed by atoms with Gasteiger partial charge in [0.2, 0.25) is 5.91 Å². The van der Waals surface area contributed by atoms with Gasteiger partial charge in [-0.1, -0.05) is 24.3 Å². The first kappa shape index (κ1) is 12.1. The van der Waals surface area contributed by atoms with Crippen LogP contribution in [-0.4, -0.2) is 5.91 Å². The van der Waals surface area contributed by atoms with Gasteiger partial charge in [-0.15, -0.1) is 0 Å². The monoisotopic (exact) mass is 223 g/mol. The Kier molecular flexibility index (Phi) is 4.39. The van der Waals surface area contributed by atoms with Crippen LogP contribution in [0.15, 0.2) is 42.5 Å². The summed E-state index contributed by atoms with van der Waals surface area (Å²) in [6, 6.07) is 3.39. The van der Waals surface area contributed by atoms with E-state index >= 15 is 0 Å². The Balaban J connectivity index is 2.77. The molecule has 1 rings (SSSR count). The molecule has 1 N–H and O–H groups in total. The molecule has 1 amide bonds. The number of allylic oxidation sites excluding steroid dienone is 3. The number of carbonyl (C=O) groups is 1. The molecule has 2 nitrogen and oxygen atoms in total. The summed E-state index contributed by atoms with van der Waals surface area (Å²) in [5, 5.41) is 2.13. The number of anilines is 1. The van der Waals surface area contributed by atoms with Gasteiger partial charge in [0.25, 0.3) is 0 Å². The van der Waals surface area contributed by atoms with Crippen LogP contribution in [0.2, 0.25) is 0 Å². The third kappa shape index (κ3) is 3.31. The quantitative estimate of drug-likeness (QED) is 0.619. The maximum absolute atomic E-state index is 13.1. The lowest BCUT2D eigenvalue weighted by molar-refractivity contribution is -0.111. The van der Waals surface area contributed by atoms with Crippen molar-refractivity contribution in [1.82, 2.24) is 0 Å². The van der Waals surface area contributed by atoms with E-state index in [2.05, 4.69) is 5.32 Å². The Morgan fingerprint density at radius 2 is 1.88 bits per heavy atom. The number of rotatable bonds is 3. The fourth-order valence-corrected chi connectivity index (χ4v) is 1.04. The SMILES string of the molecule is C/C=C/C=C/C(=O)Nc1c(F)cccc1F. The summed E-state index contributed by atoms with van der Waals surface area (Å²) in [5.74, 6) is -2.18.